The van der Waals surface area contributed by atoms with Gasteiger partial charge in [-0.1, -0.05) is 6.07 Å². The number of hydrogen-bond donors (Lipinski definition) is 1. The Bertz CT molecular complexity index is 406. The Hall–Kier alpha value is -1.01. The Morgan fingerprint density at radius 1 is 1.50 bits per heavy atom. The minimum atomic E-state index is -0.0174. The second-order valence-corrected chi connectivity index (χ2v) is 4.46. The van der Waals surface area contributed by atoms with E-state index in [2.05, 4.69) is 28.1 Å². The van der Waals surface area contributed by atoms with Crippen molar-refractivity contribution in [2.75, 3.05) is 5.73 Å². The molecule has 2 rings (SSSR count). The van der Waals surface area contributed by atoms with Crippen LogP contribution in [-0.2, 0) is 6.42 Å². The Balaban J connectivity index is 2.60. The fourth-order valence-electron chi connectivity index (χ4n) is 2.05. The first-order valence-corrected chi connectivity index (χ1v) is 5.49. The van der Waals surface area contributed by atoms with Crippen molar-refractivity contribution in [2.24, 2.45) is 0 Å². The second-order valence-electron chi connectivity index (χ2n) is 3.61. The maximum absolute atomic E-state index is 9.03. The number of rotatable bonds is 0. The zero-order valence-corrected chi connectivity index (χ0v) is 9.34. The lowest BCUT2D eigenvalue weighted by molar-refractivity contribution is 0.638. The SMILES string of the molecule is N#CC1CCCc2ccc(Br)c(N)c21. The molecule has 1 aliphatic rings. The minimum Gasteiger partial charge on any atom is -0.398 e. The Morgan fingerprint density at radius 2 is 2.29 bits per heavy atom. The zero-order valence-electron chi connectivity index (χ0n) is 7.76. The van der Waals surface area contributed by atoms with Crippen molar-refractivity contribution < 1.29 is 0 Å². The molecule has 14 heavy (non-hydrogen) atoms. The lowest BCUT2D eigenvalue weighted by Gasteiger charge is -2.22. The third-order valence-electron chi connectivity index (χ3n) is 2.77. The number of nitrogens with zero attached hydrogens (tertiary/aromatic N) is 1. The highest BCUT2D eigenvalue weighted by molar-refractivity contribution is 9.10. The summed E-state index contributed by atoms with van der Waals surface area (Å²) in [5, 5.41) is 9.03. The predicted molar refractivity (Wildman–Crippen MR) is 59.8 cm³/mol. The summed E-state index contributed by atoms with van der Waals surface area (Å²) in [4.78, 5) is 0. The number of halogens is 1. The summed E-state index contributed by atoms with van der Waals surface area (Å²) in [6.45, 7) is 0. The van der Waals surface area contributed by atoms with Gasteiger partial charge in [0.25, 0.3) is 0 Å². The fraction of sp³-hybridized carbons (Fsp3) is 0.364. The van der Waals surface area contributed by atoms with Crippen molar-refractivity contribution in [2.45, 2.75) is 25.2 Å². The summed E-state index contributed by atoms with van der Waals surface area (Å²) in [7, 11) is 0. The number of nitrogens with two attached hydrogens (primary N) is 1. The molecule has 72 valence electrons. The van der Waals surface area contributed by atoms with E-state index < -0.39 is 0 Å². The van der Waals surface area contributed by atoms with Crippen molar-refractivity contribution in [3.05, 3.63) is 27.7 Å². The van der Waals surface area contributed by atoms with Gasteiger partial charge in [-0.3, -0.25) is 0 Å². The number of benzene rings is 1. The van der Waals surface area contributed by atoms with Gasteiger partial charge in [0, 0.05) is 4.47 Å². The van der Waals surface area contributed by atoms with Gasteiger partial charge in [0.15, 0.2) is 0 Å². The van der Waals surface area contributed by atoms with Crippen LogP contribution in [0.4, 0.5) is 5.69 Å². The van der Waals surface area contributed by atoms with Crippen LogP contribution in [0.3, 0.4) is 0 Å². The average Bonchev–Trinajstić information content (AvgIpc) is 2.23. The number of anilines is 1. The summed E-state index contributed by atoms with van der Waals surface area (Å²) < 4.78 is 0.901. The molecule has 1 unspecified atom stereocenters. The lowest BCUT2D eigenvalue weighted by Crippen LogP contribution is -2.11. The first kappa shape index (κ1) is 9.54. The molecule has 2 N–H and O–H groups in total. The fourth-order valence-corrected chi connectivity index (χ4v) is 2.40. The Labute approximate surface area is 91.9 Å². The minimum absolute atomic E-state index is 0.0174. The highest BCUT2D eigenvalue weighted by atomic mass is 79.9. The highest BCUT2D eigenvalue weighted by Gasteiger charge is 2.23. The molecule has 0 saturated heterocycles. The second kappa shape index (κ2) is 3.62. The summed E-state index contributed by atoms with van der Waals surface area (Å²) >= 11 is 3.40. The Kier molecular flexibility index (Phi) is 2.47. The number of fused-ring (bicyclic) bond motifs is 1. The molecule has 0 radical (unpaired) electrons. The lowest BCUT2D eigenvalue weighted by atomic mass is 9.83. The first-order valence-electron chi connectivity index (χ1n) is 4.70. The summed E-state index contributed by atoms with van der Waals surface area (Å²) in [5.41, 5.74) is 9.00. The van der Waals surface area contributed by atoms with E-state index >= 15 is 0 Å². The monoisotopic (exact) mass is 250 g/mol. The molecule has 1 aliphatic carbocycles. The molecule has 1 atom stereocenters. The van der Waals surface area contributed by atoms with E-state index in [0.717, 1.165) is 35.0 Å². The quantitative estimate of drug-likeness (QED) is 0.720. The van der Waals surface area contributed by atoms with E-state index in [1.165, 1.54) is 5.56 Å². The molecule has 3 heteroatoms. The molecule has 1 aromatic rings. The molecule has 0 fully saturated rings. The van der Waals surface area contributed by atoms with Crippen LogP contribution < -0.4 is 5.73 Å². The van der Waals surface area contributed by atoms with E-state index in [-0.39, 0.29) is 5.92 Å². The van der Waals surface area contributed by atoms with Crippen LogP contribution in [0, 0.1) is 11.3 Å². The van der Waals surface area contributed by atoms with Gasteiger partial charge in [-0.25, -0.2) is 0 Å². The number of hydrogen-bond acceptors (Lipinski definition) is 2. The highest BCUT2D eigenvalue weighted by Crippen LogP contribution is 2.38. The van der Waals surface area contributed by atoms with Crippen LogP contribution in [0.2, 0.25) is 0 Å². The van der Waals surface area contributed by atoms with Gasteiger partial charge in [-0.05, 0) is 52.4 Å². The normalized spacial score (nSPS) is 19.9. The molecule has 0 saturated carbocycles. The van der Waals surface area contributed by atoms with Crippen LogP contribution >= 0.6 is 15.9 Å². The van der Waals surface area contributed by atoms with Crippen molar-refractivity contribution in [1.82, 2.24) is 0 Å². The largest absolute Gasteiger partial charge is 0.398 e. The van der Waals surface area contributed by atoms with Crippen LogP contribution in [-0.4, -0.2) is 0 Å². The number of aryl methyl sites for hydroxylation is 1. The van der Waals surface area contributed by atoms with Crippen LogP contribution in [0.15, 0.2) is 16.6 Å². The van der Waals surface area contributed by atoms with Crippen molar-refractivity contribution in [3.8, 4) is 6.07 Å². The first-order chi connectivity index (χ1) is 6.74. The zero-order chi connectivity index (χ0) is 10.1. The van der Waals surface area contributed by atoms with Gasteiger partial charge in [0.1, 0.15) is 0 Å². The van der Waals surface area contributed by atoms with E-state index in [9.17, 15) is 0 Å². The van der Waals surface area contributed by atoms with Crippen LogP contribution in [0.25, 0.3) is 0 Å². The molecule has 2 nitrogen and oxygen atoms in total. The van der Waals surface area contributed by atoms with Crippen molar-refractivity contribution >= 4 is 21.6 Å². The smallest absolute Gasteiger partial charge is 0.0736 e. The summed E-state index contributed by atoms with van der Waals surface area (Å²) in [5.74, 6) is -0.0174. The van der Waals surface area contributed by atoms with Gasteiger partial charge < -0.3 is 5.73 Å². The molecular weight excluding hydrogens is 240 g/mol. The van der Waals surface area contributed by atoms with E-state index in [1.807, 2.05) is 6.07 Å². The maximum atomic E-state index is 9.03. The number of nitriles is 1. The molecule has 0 bridgehead atoms. The van der Waals surface area contributed by atoms with Gasteiger partial charge in [-0.15, -0.1) is 0 Å². The van der Waals surface area contributed by atoms with E-state index in [4.69, 9.17) is 11.0 Å². The topological polar surface area (TPSA) is 49.8 Å². The Morgan fingerprint density at radius 3 is 3.00 bits per heavy atom. The summed E-state index contributed by atoms with van der Waals surface area (Å²) in [6.07, 6.45) is 3.07. The van der Waals surface area contributed by atoms with E-state index in [0.29, 0.717) is 0 Å². The molecule has 0 spiro atoms. The van der Waals surface area contributed by atoms with Crippen LogP contribution in [0.5, 0.6) is 0 Å². The molecule has 1 aromatic carbocycles. The number of nitrogen functional groups attached to an aromatic ring is 1. The van der Waals surface area contributed by atoms with Gasteiger partial charge in [-0.2, -0.15) is 5.26 Å². The van der Waals surface area contributed by atoms with Crippen molar-refractivity contribution in [3.63, 3.8) is 0 Å². The van der Waals surface area contributed by atoms with E-state index in [1.54, 1.807) is 0 Å². The molecule has 0 aliphatic heterocycles. The molecule has 0 heterocycles. The maximum Gasteiger partial charge on any atom is 0.0736 e. The third kappa shape index (κ3) is 1.40. The molecule has 0 amide bonds. The summed E-state index contributed by atoms with van der Waals surface area (Å²) in [6, 6.07) is 6.36. The molecule has 0 aromatic heterocycles. The standard InChI is InChI=1S/C11H11BrN2/c12-9-5-4-7-2-1-3-8(6-13)10(7)11(9)14/h4-5,8H,1-3,14H2. The van der Waals surface area contributed by atoms with Crippen molar-refractivity contribution in [1.29, 1.82) is 5.26 Å². The predicted octanol–water partition coefficient (Wildman–Crippen LogP) is 2.97. The van der Waals surface area contributed by atoms with Gasteiger partial charge >= 0.3 is 0 Å². The average molecular weight is 251 g/mol. The van der Waals surface area contributed by atoms with Gasteiger partial charge in [0.2, 0.25) is 0 Å². The third-order valence-corrected chi connectivity index (χ3v) is 3.46. The van der Waals surface area contributed by atoms with Gasteiger partial charge in [0.05, 0.1) is 17.7 Å². The molecular formula is C11H11BrN2. The van der Waals surface area contributed by atoms with Crippen LogP contribution in [0.1, 0.15) is 29.9 Å².